The number of aromatic nitrogens is 1. The minimum Gasteiger partial charge on any atom is -0.408 e. The summed E-state index contributed by atoms with van der Waals surface area (Å²) >= 11 is 0. The molecule has 82 valence electrons. The zero-order chi connectivity index (χ0) is 11.1. The van der Waals surface area contributed by atoms with Gasteiger partial charge in [-0.05, 0) is 18.2 Å². The summed E-state index contributed by atoms with van der Waals surface area (Å²) in [6.07, 6.45) is 0. The molecular formula is C10H9N3O3. The highest BCUT2D eigenvalue weighted by Gasteiger charge is 2.12. The van der Waals surface area contributed by atoms with Crippen LogP contribution in [0.3, 0.4) is 0 Å². The number of hydroxylamine groups is 1. The number of nitrogens with one attached hydrogen (secondary N) is 1. The molecule has 0 saturated heterocycles. The lowest BCUT2D eigenvalue weighted by Gasteiger charge is -2.00. The molecule has 1 aliphatic rings. The standard InChI is InChI=1S/C10H9N3O3/c1-13-7-3-2-6(9-11-5-15-12-9)4-8(7)16-10(13)14/h2-4H,5H2,1H3,(H,11,12). The highest BCUT2D eigenvalue weighted by atomic mass is 16.7. The van der Waals surface area contributed by atoms with Gasteiger partial charge in [0.25, 0.3) is 0 Å². The van der Waals surface area contributed by atoms with E-state index in [0.29, 0.717) is 18.1 Å². The van der Waals surface area contributed by atoms with Crippen LogP contribution in [0.2, 0.25) is 0 Å². The molecule has 0 amide bonds. The van der Waals surface area contributed by atoms with Gasteiger partial charge < -0.3 is 4.42 Å². The second kappa shape index (κ2) is 3.21. The lowest BCUT2D eigenvalue weighted by atomic mass is 10.2. The van der Waals surface area contributed by atoms with E-state index in [1.54, 1.807) is 13.1 Å². The van der Waals surface area contributed by atoms with Crippen molar-refractivity contribution in [3.63, 3.8) is 0 Å². The van der Waals surface area contributed by atoms with Crippen LogP contribution in [0.1, 0.15) is 5.56 Å². The van der Waals surface area contributed by atoms with E-state index in [1.807, 2.05) is 12.1 Å². The van der Waals surface area contributed by atoms with Crippen LogP contribution in [0, 0.1) is 0 Å². The fourth-order valence-corrected chi connectivity index (χ4v) is 1.66. The molecule has 3 rings (SSSR count). The Morgan fingerprint density at radius 2 is 2.38 bits per heavy atom. The highest BCUT2D eigenvalue weighted by molar-refractivity contribution is 6.00. The lowest BCUT2D eigenvalue weighted by molar-refractivity contribution is 0.115. The molecule has 0 bridgehead atoms. The molecule has 2 heterocycles. The number of aryl methyl sites for hydroxylation is 1. The third-order valence-corrected chi connectivity index (χ3v) is 2.52. The first-order chi connectivity index (χ1) is 7.75. The molecule has 6 nitrogen and oxygen atoms in total. The van der Waals surface area contributed by atoms with Gasteiger partial charge in [0.05, 0.1) is 5.52 Å². The Morgan fingerprint density at radius 1 is 1.50 bits per heavy atom. The van der Waals surface area contributed by atoms with Gasteiger partial charge in [0.15, 0.2) is 18.1 Å². The van der Waals surface area contributed by atoms with Crippen molar-refractivity contribution < 1.29 is 9.25 Å². The Labute approximate surface area is 90.1 Å². The average Bonchev–Trinajstić information content (AvgIpc) is 2.88. The molecule has 1 aromatic heterocycles. The van der Waals surface area contributed by atoms with Crippen LogP contribution in [0.25, 0.3) is 11.1 Å². The van der Waals surface area contributed by atoms with Crippen molar-refractivity contribution in [3.8, 4) is 0 Å². The van der Waals surface area contributed by atoms with Crippen LogP contribution in [-0.4, -0.2) is 17.1 Å². The van der Waals surface area contributed by atoms with Gasteiger partial charge in [0, 0.05) is 12.6 Å². The first kappa shape index (κ1) is 9.17. The Balaban J connectivity index is 2.19. The summed E-state index contributed by atoms with van der Waals surface area (Å²) in [5.74, 6) is 0.276. The van der Waals surface area contributed by atoms with Crippen LogP contribution in [0.15, 0.2) is 32.4 Å². The van der Waals surface area contributed by atoms with Crippen molar-refractivity contribution in [1.82, 2.24) is 10.0 Å². The van der Waals surface area contributed by atoms with Crippen LogP contribution in [0.5, 0.6) is 0 Å². The summed E-state index contributed by atoms with van der Waals surface area (Å²) in [7, 11) is 1.67. The van der Waals surface area contributed by atoms with E-state index in [0.717, 1.165) is 11.1 Å². The van der Waals surface area contributed by atoms with Gasteiger partial charge in [0.1, 0.15) is 0 Å². The fourth-order valence-electron chi connectivity index (χ4n) is 1.66. The topological polar surface area (TPSA) is 68.8 Å². The maximum Gasteiger partial charge on any atom is 0.419 e. The Kier molecular flexibility index (Phi) is 1.84. The van der Waals surface area contributed by atoms with E-state index in [9.17, 15) is 4.79 Å². The van der Waals surface area contributed by atoms with Crippen molar-refractivity contribution in [3.05, 3.63) is 34.3 Å². The van der Waals surface area contributed by atoms with Crippen molar-refractivity contribution in [2.45, 2.75) is 0 Å². The number of hydrogen-bond donors (Lipinski definition) is 1. The van der Waals surface area contributed by atoms with E-state index in [2.05, 4.69) is 10.5 Å². The summed E-state index contributed by atoms with van der Waals surface area (Å²) in [5.41, 5.74) is 4.82. The van der Waals surface area contributed by atoms with Crippen molar-refractivity contribution in [2.75, 3.05) is 6.73 Å². The third-order valence-electron chi connectivity index (χ3n) is 2.52. The predicted octanol–water partition coefficient (Wildman–Crippen LogP) is 0.370. The third kappa shape index (κ3) is 1.24. The maximum absolute atomic E-state index is 11.3. The molecule has 0 aliphatic carbocycles. The molecule has 16 heavy (non-hydrogen) atoms. The maximum atomic E-state index is 11.3. The zero-order valence-electron chi connectivity index (χ0n) is 8.56. The number of aliphatic imine (C=N–C) groups is 1. The molecule has 1 N–H and O–H groups in total. The minimum atomic E-state index is -0.371. The van der Waals surface area contributed by atoms with E-state index < -0.39 is 0 Å². The number of oxazole rings is 1. The molecule has 0 atom stereocenters. The first-order valence-electron chi connectivity index (χ1n) is 4.78. The normalized spacial score (nSPS) is 15.2. The van der Waals surface area contributed by atoms with E-state index in [1.165, 1.54) is 4.57 Å². The molecule has 0 saturated carbocycles. The zero-order valence-corrected chi connectivity index (χ0v) is 8.56. The molecule has 0 radical (unpaired) electrons. The molecule has 2 aromatic rings. The number of amidine groups is 1. The van der Waals surface area contributed by atoms with Gasteiger partial charge in [-0.25, -0.2) is 15.3 Å². The Hall–Kier alpha value is -2.08. The van der Waals surface area contributed by atoms with Gasteiger partial charge in [-0.2, -0.15) is 0 Å². The average molecular weight is 219 g/mol. The summed E-state index contributed by atoms with van der Waals surface area (Å²) in [5, 5.41) is 0. The van der Waals surface area contributed by atoms with Crippen LogP contribution in [-0.2, 0) is 11.9 Å². The second-order valence-corrected chi connectivity index (χ2v) is 3.49. The molecule has 1 aromatic carbocycles. The number of hydrogen-bond acceptors (Lipinski definition) is 5. The number of fused-ring (bicyclic) bond motifs is 1. The largest absolute Gasteiger partial charge is 0.419 e. The summed E-state index contributed by atoms with van der Waals surface area (Å²) in [6, 6.07) is 5.44. The smallest absolute Gasteiger partial charge is 0.408 e. The second-order valence-electron chi connectivity index (χ2n) is 3.49. The van der Waals surface area contributed by atoms with Crippen molar-refractivity contribution >= 4 is 16.9 Å². The van der Waals surface area contributed by atoms with Gasteiger partial charge in [-0.1, -0.05) is 0 Å². The summed E-state index contributed by atoms with van der Waals surface area (Å²) in [6.45, 7) is 0.298. The van der Waals surface area contributed by atoms with Crippen LogP contribution < -0.4 is 11.2 Å². The fraction of sp³-hybridized carbons (Fsp3) is 0.200. The molecule has 0 spiro atoms. The molecule has 6 heteroatoms. The van der Waals surface area contributed by atoms with Gasteiger partial charge >= 0.3 is 5.76 Å². The van der Waals surface area contributed by atoms with Crippen LogP contribution >= 0.6 is 0 Å². The summed E-state index contributed by atoms with van der Waals surface area (Å²) in [4.78, 5) is 20.3. The quantitative estimate of drug-likeness (QED) is 0.752. The van der Waals surface area contributed by atoms with Gasteiger partial charge in [0.2, 0.25) is 0 Å². The highest BCUT2D eigenvalue weighted by Crippen LogP contribution is 2.15. The Morgan fingerprint density at radius 3 is 3.12 bits per heavy atom. The van der Waals surface area contributed by atoms with E-state index in [-0.39, 0.29) is 5.76 Å². The van der Waals surface area contributed by atoms with Gasteiger partial charge in [-0.3, -0.25) is 9.40 Å². The van der Waals surface area contributed by atoms with Crippen molar-refractivity contribution in [1.29, 1.82) is 0 Å². The molecule has 0 fully saturated rings. The van der Waals surface area contributed by atoms with Crippen LogP contribution in [0.4, 0.5) is 0 Å². The molecule has 1 aliphatic heterocycles. The van der Waals surface area contributed by atoms with E-state index >= 15 is 0 Å². The molecule has 0 unspecified atom stereocenters. The van der Waals surface area contributed by atoms with Gasteiger partial charge in [-0.15, -0.1) is 0 Å². The molecular weight excluding hydrogens is 210 g/mol. The lowest BCUT2D eigenvalue weighted by Crippen LogP contribution is -2.17. The monoisotopic (exact) mass is 219 g/mol. The number of nitrogens with zero attached hydrogens (tertiary/aromatic N) is 2. The minimum absolute atomic E-state index is 0.298. The Bertz CT molecular complexity index is 638. The van der Waals surface area contributed by atoms with E-state index in [4.69, 9.17) is 9.25 Å². The van der Waals surface area contributed by atoms with Crippen molar-refractivity contribution in [2.24, 2.45) is 12.0 Å². The number of benzene rings is 1. The predicted molar refractivity (Wildman–Crippen MR) is 57.1 cm³/mol. The first-order valence-corrected chi connectivity index (χ1v) is 4.78. The number of rotatable bonds is 1. The summed E-state index contributed by atoms with van der Waals surface area (Å²) < 4.78 is 6.54. The SMILES string of the molecule is Cn1c(=O)oc2cc(C3=NCON3)ccc21.